The second kappa shape index (κ2) is 14.6. The highest BCUT2D eigenvalue weighted by molar-refractivity contribution is 7.92. The van der Waals surface area contributed by atoms with Crippen LogP contribution in [0.25, 0.3) is 0 Å². The number of nitrogens with zero attached hydrogens (tertiary/aromatic N) is 2. The Hall–Kier alpha value is -4.34. The molecule has 1 N–H and O–H groups in total. The molecule has 4 rings (SSSR count). The number of ether oxygens (including phenoxy) is 1. The standard InChI is InChI=1S/C35H38ClN3O5S/c1-35(2,3)37-34(41)31(23-26-13-7-5-8-14-26)38(24-27-19-21-28(36)22-20-27)33(40)25-39(30-17-11-12-18-32(30)44-4)45(42,43)29-15-9-6-10-16-29/h5-22,31H,23-25H2,1-4H3,(H,37,41). The maximum atomic E-state index is 14.6. The summed E-state index contributed by atoms with van der Waals surface area (Å²) in [5.74, 6) is -0.649. The average Bonchev–Trinajstić information content (AvgIpc) is 3.02. The van der Waals surface area contributed by atoms with Crippen LogP contribution in [0.15, 0.2) is 114 Å². The number of carbonyl (C=O) groups excluding carboxylic acids is 2. The van der Waals surface area contributed by atoms with Crippen LogP contribution in [-0.4, -0.2) is 50.4 Å². The third kappa shape index (κ3) is 8.86. The van der Waals surface area contributed by atoms with Gasteiger partial charge >= 0.3 is 0 Å². The van der Waals surface area contributed by atoms with Crippen molar-refractivity contribution in [1.29, 1.82) is 0 Å². The smallest absolute Gasteiger partial charge is 0.264 e. The highest BCUT2D eigenvalue weighted by Gasteiger charge is 2.36. The molecule has 4 aromatic carbocycles. The maximum Gasteiger partial charge on any atom is 0.264 e. The van der Waals surface area contributed by atoms with Crippen molar-refractivity contribution < 1.29 is 22.7 Å². The molecule has 2 amide bonds. The van der Waals surface area contributed by atoms with Crippen molar-refractivity contribution in [2.45, 2.75) is 50.2 Å². The number of rotatable bonds is 12. The number of hydrogen-bond acceptors (Lipinski definition) is 5. The molecule has 8 nitrogen and oxygen atoms in total. The van der Waals surface area contributed by atoms with Gasteiger partial charge in [-0.2, -0.15) is 0 Å². The lowest BCUT2D eigenvalue weighted by atomic mass is 10.0. The van der Waals surface area contributed by atoms with E-state index >= 15 is 0 Å². The van der Waals surface area contributed by atoms with Gasteiger partial charge in [0.15, 0.2) is 0 Å². The Bertz CT molecular complexity index is 1690. The predicted molar refractivity (Wildman–Crippen MR) is 178 cm³/mol. The van der Waals surface area contributed by atoms with Crippen LogP contribution in [0.1, 0.15) is 31.9 Å². The number of anilines is 1. The zero-order valence-electron chi connectivity index (χ0n) is 25.8. The fourth-order valence-electron chi connectivity index (χ4n) is 4.86. The van der Waals surface area contributed by atoms with Crippen molar-refractivity contribution in [2.24, 2.45) is 0 Å². The number of benzene rings is 4. The molecule has 0 radical (unpaired) electrons. The number of nitrogens with one attached hydrogen (secondary N) is 1. The molecule has 0 aliphatic rings. The van der Waals surface area contributed by atoms with Gasteiger partial charge in [0.2, 0.25) is 11.8 Å². The van der Waals surface area contributed by atoms with Gasteiger partial charge in [0.25, 0.3) is 10.0 Å². The molecule has 236 valence electrons. The summed E-state index contributed by atoms with van der Waals surface area (Å²) in [6, 6.07) is 29.9. The predicted octanol–water partition coefficient (Wildman–Crippen LogP) is 6.10. The highest BCUT2D eigenvalue weighted by Crippen LogP contribution is 2.32. The molecule has 0 aliphatic heterocycles. The van der Waals surface area contributed by atoms with Crippen LogP contribution in [0, 0.1) is 0 Å². The molecule has 0 heterocycles. The van der Waals surface area contributed by atoms with Gasteiger partial charge < -0.3 is 15.0 Å². The van der Waals surface area contributed by atoms with E-state index in [2.05, 4.69) is 5.32 Å². The number of hydrogen-bond donors (Lipinski definition) is 1. The van der Waals surface area contributed by atoms with Crippen LogP contribution >= 0.6 is 11.6 Å². The minimum Gasteiger partial charge on any atom is -0.495 e. The molecule has 0 saturated heterocycles. The minimum absolute atomic E-state index is 0.0132. The summed E-state index contributed by atoms with van der Waals surface area (Å²) >= 11 is 6.15. The molecule has 0 fully saturated rings. The summed E-state index contributed by atoms with van der Waals surface area (Å²) in [7, 11) is -2.80. The molecule has 0 bridgehead atoms. The van der Waals surface area contributed by atoms with Crippen LogP contribution in [0.2, 0.25) is 5.02 Å². The van der Waals surface area contributed by atoms with Crippen LogP contribution in [0.5, 0.6) is 5.75 Å². The van der Waals surface area contributed by atoms with Crippen molar-refractivity contribution in [3.8, 4) is 5.75 Å². The lowest BCUT2D eigenvalue weighted by Gasteiger charge is -2.35. The zero-order chi connectivity index (χ0) is 32.6. The molecule has 4 aromatic rings. The lowest BCUT2D eigenvalue weighted by molar-refractivity contribution is -0.140. The number of amides is 2. The van der Waals surface area contributed by atoms with Crippen LogP contribution in [-0.2, 0) is 32.6 Å². The van der Waals surface area contributed by atoms with Gasteiger partial charge in [0.1, 0.15) is 18.3 Å². The Morgan fingerprint density at radius 3 is 2.00 bits per heavy atom. The van der Waals surface area contributed by atoms with Gasteiger partial charge in [0, 0.05) is 23.5 Å². The highest BCUT2D eigenvalue weighted by atomic mass is 35.5. The van der Waals surface area contributed by atoms with E-state index in [0.29, 0.717) is 5.02 Å². The third-order valence-electron chi connectivity index (χ3n) is 7.00. The molecule has 10 heteroatoms. The fraction of sp³-hybridized carbons (Fsp3) is 0.257. The summed E-state index contributed by atoms with van der Waals surface area (Å²) in [6.07, 6.45) is 0.210. The summed E-state index contributed by atoms with van der Waals surface area (Å²) in [4.78, 5) is 30.0. The van der Waals surface area contributed by atoms with Crippen molar-refractivity contribution in [1.82, 2.24) is 10.2 Å². The quantitative estimate of drug-likeness (QED) is 0.201. The molecular weight excluding hydrogens is 610 g/mol. The van der Waals surface area contributed by atoms with E-state index in [1.54, 1.807) is 66.7 Å². The van der Waals surface area contributed by atoms with Crippen LogP contribution in [0.3, 0.4) is 0 Å². The molecule has 0 spiro atoms. The first kappa shape index (κ1) is 33.6. The summed E-state index contributed by atoms with van der Waals surface area (Å²) < 4.78 is 34.8. The van der Waals surface area contributed by atoms with E-state index in [4.69, 9.17) is 16.3 Å². The average molecular weight is 648 g/mol. The molecule has 0 saturated carbocycles. The van der Waals surface area contributed by atoms with Crippen LogP contribution in [0.4, 0.5) is 5.69 Å². The summed E-state index contributed by atoms with van der Waals surface area (Å²) in [6.45, 7) is 5.05. The molecule has 0 aromatic heterocycles. The van der Waals surface area contributed by atoms with Crippen molar-refractivity contribution in [3.05, 3.63) is 125 Å². The normalized spacial score (nSPS) is 12.2. The number of halogens is 1. The van der Waals surface area contributed by atoms with E-state index in [-0.39, 0.29) is 35.2 Å². The van der Waals surface area contributed by atoms with Gasteiger partial charge in [-0.25, -0.2) is 8.42 Å². The fourth-order valence-corrected chi connectivity index (χ4v) is 6.43. The molecule has 1 atom stereocenters. The second-order valence-corrected chi connectivity index (χ2v) is 13.9. The Morgan fingerprint density at radius 1 is 0.822 bits per heavy atom. The van der Waals surface area contributed by atoms with Crippen LogP contribution < -0.4 is 14.4 Å². The van der Waals surface area contributed by atoms with E-state index in [1.165, 1.54) is 24.1 Å². The first-order valence-corrected chi connectivity index (χ1v) is 16.3. The largest absolute Gasteiger partial charge is 0.495 e. The molecular formula is C35H38ClN3O5S. The Morgan fingerprint density at radius 2 is 1.40 bits per heavy atom. The van der Waals surface area contributed by atoms with E-state index in [1.807, 2.05) is 51.1 Å². The lowest BCUT2D eigenvalue weighted by Crippen LogP contribution is -2.56. The summed E-state index contributed by atoms with van der Waals surface area (Å²) in [5, 5.41) is 3.55. The van der Waals surface area contributed by atoms with E-state index in [9.17, 15) is 18.0 Å². The first-order chi connectivity index (χ1) is 21.4. The Kier molecular flexibility index (Phi) is 10.9. The Balaban J connectivity index is 1.83. The zero-order valence-corrected chi connectivity index (χ0v) is 27.4. The van der Waals surface area contributed by atoms with Gasteiger partial charge in [0.05, 0.1) is 17.7 Å². The van der Waals surface area contributed by atoms with Gasteiger partial charge in [-0.15, -0.1) is 0 Å². The van der Waals surface area contributed by atoms with Crippen molar-refractivity contribution in [2.75, 3.05) is 18.0 Å². The first-order valence-electron chi connectivity index (χ1n) is 14.5. The monoisotopic (exact) mass is 647 g/mol. The number of methoxy groups -OCH3 is 1. The third-order valence-corrected chi connectivity index (χ3v) is 9.03. The molecule has 1 unspecified atom stereocenters. The summed E-state index contributed by atoms with van der Waals surface area (Å²) in [5.41, 5.74) is 1.19. The molecule has 45 heavy (non-hydrogen) atoms. The van der Waals surface area contributed by atoms with Crippen molar-refractivity contribution >= 4 is 39.1 Å². The minimum atomic E-state index is -4.24. The number of sulfonamides is 1. The maximum absolute atomic E-state index is 14.6. The number of carbonyl (C=O) groups is 2. The second-order valence-electron chi connectivity index (χ2n) is 11.6. The van der Waals surface area contributed by atoms with E-state index < -0.39 is 34.1 Å². The molecule has 0 aliphatic carbocycles. The van der Waals surface area contributed by atoms with Crippen molar-refractivity contribution in [3.63, 3.8) is 0 Å². The Labute approximate surface area is 270 Å². The van der Waals surface area contributed by atoms with Gasteiger partial charge in [-0.3, -0.25) is 13.9 Å². The number of para-hydroxylation sites is 2. The topological polar surface area (TPSA) is 96.0 Å². The van der Waals surface area contributed by atoms with Gasteiger partial charge in [-0.1, -0.05) is 84.4 Å². The van der Waals surface area contributed by atoms with Gasteiger partial charge in [-0.05, 0) is 68.3 Å². The van der Waals surface area contributed by atoms with E-state index in [0.717, 1.165) is 15.4 Å². The SMILES string of the molecule is COc1ccccc1N(CC(=O)N(Cc1ccc(Cl)cc1)C(Cc1ccccc1)C(=O)NC(C)(C)C)S(=O)(=O)c1ccccc1.